The molecule has 0 amide bonds. The average Bonchev–Trinajstić information content (AvgIpc) is 3.01. The van der Waals surface area contributed by atoms with E-state index in [0.29, 0.717) is 0 Å². The SMILES string of the molecule is Cc1ccc(Cc2ccc3c(c2)Cc2ccccc2-3)s1. The molecule has 3 aromatic rings. The summed E-state index contributed by atoms with van der Waals surface area (Å²) in [6.07, 6.45) is 2.14. The minimum Gasteiger partial charge on any atom is -0.145 e. The van der Waals surface area contributed by atoms with E-state index in [1.807, 2.05) is 11.3 Å². The molecule has 1 aliphatic rings. The molecule has 0 fully saturated rings. The van der Waals surface area contributed by atoms with Gasteiger partial charge in [0.1, 0.15) is 0 Å². The highest BCUT2D eigenvalue weighted by Gasteiger charge is 2.17. The van der Waals surface area contributed by atoms with Crippen molar-refractivity contribution in [3.63, 3.8) is 0 Å². The van der Waals surface area contributed by atoms with Crippen LogP contribution < -0.4 is 0 Å². The van der Waals surface area contributed by atoms with Crippen LogP contribution in [0.2, 0.25) is 0 Å². The maximum absolute atomic E-state index is 2.39. The molecule has 0 aliphatic heterocycles. The zero-order valence-corrected chi connectivity index (χ0v) is 12.3. The molecule has 1 heterocycles. The summed E-state index contributed by atoms with van der Waals surface area (Å²) in [4.78, 5) is 2.85. The molecule has 0 spiro atoms. The van der Waals surface area contributed by atoms with Crippen molar-refractivity contribution in [2.45, 2.75) is 19.8 Å². The van der Waals surface area contributed by atoms with Gasteiger partial charge in [0.05, 0.1) is 0 Å². The lowest BCUT2D eigenvalue weighted by Gasteiger charge is -2.04. The Morgan fingerprint density at radius 3 is 2.60 bits per heavy atom. The highest BCUT2D eigenvalue weighted by Crippen LogP contribution is 2.37. The Kier molecular flexibility index (Phi) is 2.75. The van der Waals surface area contributed by atoms with Gasteiger partial charge in [0.25, 0.3) is 0 Å². The Labute approximate surface area is 123 Å². The van der Waals surface area contributed by atoms with E-state index in [2.05, 4.69) is 61.5 Å². The van der Waals surface area contributed by atoms with Gasteiger partial charge >= 0.3 is 0 Å². The van der Waals surface area contributed by atoms with E-state index in [1.165, 1.54) is 37.6 Å². The number of hydrogen-bond acceptors (Lipinski definition) is 1. The van der Waals surface area contributed by atoms with Gasteiger partial charge in [0.2, 0.25) is 0 Å². The summed E-state index contributed by atoms with van der Waals surface area (Å²) in [6, 6.07) is 20.2. The summed E-state index contributed by atoms with van der Waals surface area (Å²) in [5.74, 6) is 0. The van der Waals surface area contributed by atoms with Crippen LogP contribution in [-0.4, -0.2) is 0 Å². The van der Waals surface area contributed by atoms with Crippen molar-refractivity contribution in [3.8, 4) is 11.1 Å². The van der Waals surface area contributed by atoms with Gasteiger partial charge in [-0.15, -0.1) is 11.3 Å². The predicted octanol–water partition coefficient (Wildman–Crippen LogP) is 5.22. The van der Waals surface area contributed by atoms with E-state index in [0.717, 1.165) is 12.8 Å². The highest BCUT2D eigenvalue weighted by molar-refractivity contribution is 7.11. The third-order valence-electron chi connectivity index (χ3n) is 4.03. The minimum absolute atomic E-state index is 1.06. The van der Waals surface area contributed by atoms with Gasteiger partial charge in [0, 0.05) is 16.2 Å². The van der Waals surface area contributed by atoms with E-state index in [-0.39, 0.29) is 0 Å². The van der Waals surface area contributed by atoms with Crippen molar-refractivity contribution in [2.75, 3.05) is 0 Å². The van der Waals surface area contributed by atoms with Gasteiger partial charge in [-0.3, -0.25) is 0 Å². The number of rotatable bonds is 2. The zero-order chi connectivity index (χ0) is 13.5. The molecule has 98 valence electrons. The molecule has 1 aromatic heterocycles. The van der Waals surface area contributed by atoms with E-state index in [4.69, 9.17) is 0 Å². The second-order valence-corrected chi connectivity index (χ2v) is 6.89. The highest BCUT2D eigenvalue weighted by atomic mass is 32.1. The van der Waals surface area contributed by atoms with E-state index < -0.39 is 0 Å². The average molecular weight is 276 g/mol. The molecular formula is C19H16S. The first-order chi connectivity index (χ1) is 9.79. The van der Waals surface area contributed by atoms with Crippen LogP contribution >= 0.6 is 11.3 Å². The predicted molar refractivity (Wildman–Crippen MR) is 86.5 cm³/mol. The molecule has 20 heavy (non-hydrogen) atoms. The number of benzene rings is 2. The first-order valence-electron chi connectivity index (χ1n) is 7.05. The lowest BCUT2D eigenvalue weighted by atomic mass is 10.0. The second-order valence-electron chi connectivity index (χ2n) is 5.51. The third-order valence-corrected chi connectivity index (χ3v) is 5.03. The van der Waals surface area contributed by atoms with Gasteiger partial charge in [-0.2, -0.15) is 0 Å². The molecular weight excluding hydrogens is 260 g/mol. The van der Waals surface area contributed by atoms with Gasteiger partial charge in [-0.25, -0.2) is 0 Å². The van der Waals surface area contributed by atoms with Crippen molar-refractivity contribution in [2.24, 2.45) is 0 Å². The van der Waals surface area contributed by atoms with Crippen LogP contribution in [0.1, 0.15) is 26.4 Å². The molecule has 0 unspecified atom stereocenters. The van der Waals surface area contributed by atoms with Crippen LogP contribution in [0.15, 0.2) is 54.6 Å². The molecule has 0 radical (unpaired) electrons. The number of aryl methyl sites for hydroxylation is 1. The molecule has 0 saturated carbocycles. The minimum atomic E-state index is 1.06. The van der Waals surface area contributed by atoms with E-state index in [9.17, 15) is 0 Å². The molecule has 1 heteroatoms. The number of hydrogen-bond donors (Lipinski definition) is 0. The summed E-state index contributed by atoms with van der Waals surface area (Å²) in [5.41, 5.74) is 7.22. The first-order valence-corrected chi connectivity index (χ1v) is 7.87. The first kappa shape index (κ1) is 11.9. The number of thiophene rings is 1. The second kappa shape index (κ2) is 4.60. The van der Waals surface area contributed by atoms with Gasteiger partial charge in [0.15, 0.2) is 0 Å². The fourth-order valence-corrected chi connectivity index (χ4v) is 4.01. The van der Waals surface area contributed by atoms with Crippen LogP contribution in [0.25, 0.3) is 11.1 Å². The molecule has 0 nitrogen and oxygen atoms in total. The van der Waals surface area contributed by atoms with Crippen molar-refractivity contribution < 1.29 is 0 Å². The van der Waals surface area contributed by atoms with Gasteiger partial charge in [-0.05, 0) is 53.3 Å². The maximum Gasteiger partial charge on any atom is 0.00918 e. The maximum atomic E-state index is 2.39. The monoisotopic (exact) mass is 276 g/mol. The largest absolute Gasteiger partial charge is 0.145 e. The Bertz CT molecular complexity index is 780. The van der Waals surface area contributed by atoms with Crippen LogP contribution in [-0.2, 0) is 12.8 Å². The Balaban J connectivity index is 1.68. The normalized spacial score (nSPS) is 12.2. The standard InChI is InChI=1S/C19H16S/c1-13-6-8-17(20-13)11-14-7-9-19-16(10-14)12-15-4-2-3-5-18(15)19/h2-10H,11-12H2,1H3. The summed E-state index contributed by atoms with van der Waals surface area (Å²) >= 11 is 1.90. The van der Waals surface area contributed by atoms with Gasteiger partial charge in [-0.1, -0.05) is 42.5 Å². The molecule has 0 bridgehead atoms. The third kappa shape index (κ3) is 1.99. The quantitative estimate of drug-likeness (QED) is 0.471. The van der Waals surface area contributed by atoms with E-state index in [1.54, 1.807) is 0 Å². The molecule has 0 N–H and O–H groups in total. The topological polar surface area (TPSA) is 0 Å². The smallest absolute Gasteiger partial charge is 0.00918 e. The molecule has 0 saturated heterocycles. The summed E-state index contributed by atoms with van der Waals surface area (Å²) < 4.78 is 0. The lowest BCUT2D eigenvalue weighted by molar-refractivity contribution is 1.20. The van der Waals surface area contributed by atoms with Crippen molar-refractivity contribution >= 4 is 11.3 Å². The molecule has 0 atom stereocenters. The fraction of sp³-hybridized carbons (Fsp3) is 0.158. The summed E-state index contributed by atoms with van der Waals surface area (Å²) in [5, 5.41) is 0. The van der Waals surface area contributed by atoms with Crippen LogP contribution in [0.4, 0.5) is 0 Å². The lowest BCUT2D eigenvalue weighted by Crippen LogP contribution is -1.88. The van der Waals surface area contributed by atoms with Crippen LogP contribution in [0.5, 0.6) is 0 Å². The summed E-state index contributed by atoms with van der Waals surface area (Å²) in [6.45, 7) is 2.17. The fourth-order valence-electron chi connectivity index (χ4n) is 3.09. The van der Waals surface area contributed by atoms with Crippen molar-refractivity contribution in [3.05, 3.63) is 81.0 Å². The summed E-state index contributed by atoms with van der Waals surface area (Å²) in [7, 11) is 0. The number of fused-ring (bicyclic) bond motifs is 3. The molecule has 4 rings (SSSR count). The van der Waals surface area contributed by atoms with Crippen molar-refractivity contribution in [1.29, 1.82) is 0 Å². The Morgan fingerprint density at radius 1 is 0.900 bits per heavy atom. The van der Waals surface area contributed by atoms with E-state index >= 15 is 0 Å². The van der Waals surface area contributed by atoms with Crippen molar-refractivity contribution in [1.82, 2.24) is 0 Å². The Morgan fingerprint density at radius 2 is 1.75 bits per heavy atom. The van der Waals surface area contributed by atoms with Crippen LogP contribution in [0, 0.1) is 6.92 Å². The zero-order valence-electron chi connectivity index (χ0n) is 11.5. The van der Waals surface area contributed by atoms with Crippen LogP contribution in [0.3, 0.4) is 0 Å². The van der Waals surface area contributed by atoms with Gasteiger partial charge < -0.3 is 0 Å². The Hall–Kier alpha value is -1.86. The molecule has 2 aromatic carbocycles. The molecule has 1 aliphatic carbocycles.